The second-order valence-electron chi connectivity index (χ2n) is 7.39. The van der Waals surface area contributed by atoms with Gasteiger partial charge in [0, 0.05) is 12.1 Å². The average Bonchev–Trinajstić information content (AvgIpc) is 2.94. The molecular weight excluding hydrogens is 452 g/mol. The summed E-state index contributed by atoms with van der Waals surface area (Å²) in [5.41, 5.74) is 1.14. The van der Waals surface area contributed by atoms with E-state index in [0.29, 0.717) is 16.4 Å². The molecule has 0 saturated heterocycles. The van der Waals surface area contributed by atoms with Gasteiger partial charge in [-0.1, -0.05) is 42.8 Å². The molecule has 0 aliphatic rings. The number of nitrogens with one attached hydrogen (secondary N) is 1. The van der Waals surface area contributed by atoms with Crippen molar-refractivity contribution >= 4 is 38.9 Å². The highest BCUT2D eigenvalue weighted by Gasteiger charge is 2.33. The molecule has 1 amide bonds. The van der Waals surface area contributed by atoms with Crippen LogP contribution in [0.3, 0.4) is 0 Å². The average molecular weight is 477 g/mol. The Kier molecular flexibility index (Phi) is 6.80. The maximum Gasteiger partial charge on any atom is 0.295 e. The van der Waals surface area contributed by atoms with Crippen molar-refractivity contribution in [2.45, 2.75) is 26.3 Å². The van der Waals surface area contributed by atoms with E-state index in [2.05, 4.69) is 5.32 Å². The molecule has 0 fully saturated rings. The van der Waals surface area contributed by atoms with Gasteiger partial charge >= 0.3 is 0 Å². The van der Waals surface area contributed by atoms with E-state index >= 15 is 0 Å². The first-order valence-electron chi connectivity index (χ1n) is 9.96. The van der Waals surface area contributed by atoms with Gasteiger partial charge in [0.15, 0.2) is 0 Å². The Balaban J connectivity index is 2.02. The van der Waals surface area contributed by atoms with E-state index < -0.39 is 27.5 Å². The Bertz CT molecular complexity index is 1300. The van der Waals surface area contributed by atoms with Crippen LogP contribution in [0.25, 0.3) is 5.69 Å². The molecular formula is C22H25ClN4O4S. The fourth-order valence-electron chi connectivity index (χ4n) is 3.59. The number of sulfonamides is 1. The molecule has 3 rings (SSSR count). The van der Waals surface area contributed by atoms with E-state index in [0.717, 1.165) is 10.6 Å². The minimum Gasteiger partial charge on any atom is -0.318 e. The normalized spacial score (nSPS) is 12.4. The number of carbonyl (C=O) groups excluding carboxylic acids is 1. The first-order chi connectivity index (χ1) is 15.1. The Morgan fingerprint density at radius 3 is 2.38 bits per heavy atom. The summed E-state index contributed by atoms with van der Waals surface area (Å²) in [4.78, 5) is 26.4. The molecule has 2 aromatic carbocycles. The molecule has 0 aliphatic carbocycles. The van der Waals surface area contributed by atoms with Crippen LogP contribution < -0.4 is 15.2 Å². The minimum absolute atomic E-state index is 0.0966. The zero-order valence-electron chi connectivity index (χ0n) is 18.2. The summed E-state index contributed by atoms with van der Waals surface area (Å²) in [5.74, 6) is -0.607. The van der Waals surface area contributed by atoms with Crippen LogP contribution in [-0.2, 0) is 21.9 Å². The fourth-order valence-corrected chi connectivity index (χ4v) is 4.98. The highest BCUT2D eigenvalue weighted by atomic mass is 35.5. The van der Waals surface area contributed by atoms with Crippen molar-refractivity contribution in [3.63, 3.8) is 0 Å². The predicted molar refractivity (Wildman–Crippen MR) is 127 cm³/mol. The summed E-state index contributed by atoms with van der Waals surface area (Å²) in [5, 5.41) is 3.01. The lowest BCUT2D eigenvalue weighted by atomic mass is 10.2. The Morgan fingerprint density at radius 1 is 1.16 bits per heavy atom. The van der Waals surface area contributed by atoms with Crippen LogP contribution in [0.4, 0.5) is 11.4 Å². The molecule has 1 heterocycles. The van der Waals surface area contributed by atoms with Crippen molar-refractivity contribution in [1.29, 1.82) is 0 Å². The van der Waals surface area contributed by atoms with Gasteiger partial charge in [0.05, 0.1) is 23.3 Å². The fraction of sp³-hybridized carbons (Fsp3) is 0.273. The number of carbonyl (C=O) groups is 1. The summed E-state index contributed by atoms with van der Waals surface area (Å²) < 4.78 is 29.3. The first-order valence-corrected chi connectivity index (χ1v) is 12.2. The van der Waals surface area contributed by atoms with Gasteiger partial charge in [-0.2, -0.15) is 0 Å². The SMILES string of the molecule is CC[C@@H](C(=O)Nc1c(C)n(C)n(-c2ccccc2)c1=O)N(c1cccc(Cl)c1)S(C)(=O)=O. The third-order valence-electron chi connectivity index (χ3n) is 5.19. The van der Waals surface area contributed by atoms with Crippen LogP contribution in [-0.4, -0.2) is 36.0 Å². The van der Waals surface area contributed by atoms with Gasteiger partial charge < -0.3 is 5.32 Å². The predicted octanol–water partition coefficient (Wildman–Crippen LogP) is 3.32. The van der Waals surface area contributed by atoms with Crippen molar-refractivity contribution in [2.24, 2.45) is 7.05 Å². The lowest BCUT2D eigenvalue weighted by Crippen LogP contribution is -2.47. The third kappa shape index (κ3) is 4.58. The molecule has 0 bridgehead atoms. The number of benzene rings is 2. The van der Waals surface area contributed by atoms with Crippen LogP contribution in [0.2, 0.25) is 5.02 Å². The molecule has 10 heteroatoms. The zero-order valence-corrected chi connectivity index (χ0v) is 19.8. The van der Waals surface area contributed by atoms with E-state index in [1.807, 2.05) is 18.2 Å². The number of para-hydroxylation sites is 1. The summed E-state index contributed by atoms with van der Waals surface area (Å²) in [6, 6.07) is 14.2. The molecule has 0 unspecified atom stereocenters. The Morgan fingerprint density at radius 2 is 1.81 bits per heavy atom. The topological polar surface area (TPSA) is 93.4 Å². The van der Waals surface area contributed by atoms with E-state index in [4.69, 9.17) is 11.6 Å². The van der Waals surface area contributed by atoms with Crippen LogP contribution in [0, 0.1) is 6.92 Å². The van der Waals surface area contributed by atoms with Crippen molar-refractivity contribution in [3.8, 4) is 5.69 Å². The number of amides is 1. The molecule has 0 saturated carbocycles. The Labute approximate surface area is 192 Å². The molecule has 0 radical (unpaired) electrons. The van der Waals surface area contributed by atoms with E-state index in [-0.39, 0.29) is 17.8 Å². The number of rotatable bonds is 7. The number of anilines is 2. The van der Waals surface area contributed by atoms with Crippen LogP contribution in [0.5, 0.6) is 0 Å². The molecule has 1 N–H and O–H groups in total. The van der Waals surface area contributed by atoms with Crippen molar-refractivity contribution in [2.75, 3.05) is 15.9 Å². The molecule has 32 heavy (non-hydrogen) atoms. The molecule has 1 atom stereocenters. The molecule has 170 valence electrons. The maximum atomic E-state index is 13.2. The van der Waals surface area contributed by atoms with Gasteiger partial charge in [-0.25, -0.2) is 13.1 Å². The monoisotopic (exact) mass is 476 g/mol. The largest absolute Gasteiger partial charge is 0.318 e. The summed E-state index contributed by atoms with van der Waals surface area (Å²) in [7, 11) is -2.11. The van der Waals surface area contributed by atoms with E-state index in [1.54, 1.807) is 55.9 Å². The van der Waals surface area contributed by atoms with Gasteiger partial charge in [0.2, 0.25) is 15.9 Å². The summed E-state index contributed by atoms with van der Waals surface area (Å²) in [6.45, 7) is 3.41. The zero-order chi connectivity index (χ0) is 23.6. The van der Waals surface area contributed by atoms with Crippen molar-refractivity contribution in [1.82, 2.24) is 9.36 Å². The van der Waals surface area contributed by atoms with Gasteiger partial charge in [-0.3, -0.25) is 18.6 Å². The standard InChI is InChI=1S/C22H25ClN4O4S/c1-5-19(27(32(4,30)31)18-13-9-10-16(23)14-18)21(28)24-20-15(2)25(3)26(22(20)29)17-11-7-6-8-12-17/h6-14,19H,5H2,1-4H3,(H,24,28)/t19-/m0/s1. The number of nitrogens with zero attached hydrogens (tertiary/aromatic N) is 3. The van der Waals surface area contributed by atoms with E-state index in [9.17, 15) is 18.0 Å². The lowest BCUT2D eigenvalue weighted by Gasteiger charge is -2.30. The maximum absolute atomic E-state index is 13.2. The van der Waals surface area contributed by atoms with Crippen LogP contribution in [0.15, 0.2) is 59.4 Å². The Hall–Kier alpha value is -3.04. The molecule has 1 aromatic heterocycles. The molecule has 3 aromatic rings. The highest BCUT2D eigenvalue weighted by Crippen LogP contribution is 2.26. The molecule has 0 spiro atoms. The highest BCUT2D eigenvalue weighted by molar-refractivity contribution is 7.92. The van der Waals surface area contributed by atoms with Crippen molar-refractivity contribution in [3.05, 3.63) is 75.7 Å². The van der Waals surface area contributed by atoms with E-state index in [1.165, 1.54) is 10.7 Å². The summed E-state index contributed by atoms with van der Waals surface area (Å²) >= 11 is 6.05. The molecule has 8 nitrogen and oxygen atoms in total. The van der Waals surface area contributed by atoms with Gasteiger partial charge in [-0.15, -0.1) is 0 Å². The van der Waals surface area contributed by atoms with Crippen molar-refractivity contribution < 1.29 is 13.2 Å². The number of hydrogen-bond donors (Lipinski definition) is 1. The quantitative estimate of drug-likeness (QED) is 0.566. The minimum atomic E-state index is -3.82. The number of halogens is 1. The van der Waals surface area contributed by atoms with Crippen LogP contribution >= 0.6 is 11.6 Å². The lowest BCUT2D eigenvalue weighted by molar-refractivity contribution is -0.117. The summed E-state index contributed by atoms with van der Waals surface area (Å²) in [6.07, 6.45) is 1.21. The smallest absolute Gasteiger partial charge is 0.295 e. The number of hydrogen-bond acceptors (Lipinski definition) is 4. The van der Waals surface area contributed by atoms with Gasteiger partial charge in [0.25, 0.3) is 5.56 Å². The second-order valence-corrected chi connectivity index (χ2v) is 9.68. The number of aromatic nitrogens is 2. The van der Waals surface area contributed by atoms with Gasteiger partial charge in [0.1, 0.15) is 11.7 Å². The first kappa shape index (κ1) is 23.6. The second kappa shape index (κ2) is 9.22. The van der Waals surface area contributed by atoms with Gasteiger partial charge in [-0.05, 0) is 43.7 Å². The molecule has 0 aliphatic heterocycles. The third-order valence-corrected chi connectivity index (χ3v) is 6.61. The van der Waals surface area contributed by atoms with Crippen LogP contribution in [0.1, 0.15) is 19.0 Å².